The molecule has 8 heteroatoms. The van der Waals surface area contributed by atoms with Crippen molar-refractivity contribution in [3.05, 3.63) is 52.5 Å². The first kappa shape index (κ1) is 20.9. The van der Waals surface area contributed by atoms with Crippen molar-refractivity contribution in [1.29, 1.82) is 0 Å². The topological polar surface area (TPSA) is 78.3 Å². The molecule has 2 aromatic carbocycles. The van der Waals surface area contributed by atoms with E-state index >= 15 is 0 Å². The van der Waals surface area contributed by atoms with Crippen LogP contribution in [0.4, 0.5) is 21.5 Å². The van der Waals surface area contributed by atoms with Gasteiger partial charge in [0.05, 0.1) is 27.6 Å². The van der Waals surface area contributed by atoms with Gasteiger partial charge in [0.2, 0.25) is 0 Å². The van der Waals surface area contributed by atoms with Crippen LogP contribution < -0.4 is 21.3 Å². The van der Waals surface area contributed by atoms with Gasteiger partial charge in [0.1, 0.15) is 17.2 Å². The molecule has 168 valence electrons. The summed E-state index contributed by atoms with van der Waals surface area (Å²) in [6, 6.07) is 8.22. The van der Waals surface area contributed by atoms with Gasteiger partial charge in [0.25, 0.3) is 5.91 Å². The third-order valence-corrected chi connectivity index (χ3v) is 6.60. The zero-order valence-electron chi connectivity index (χ0n) is 17.9. The van der Waals surface area contributed by atoms with Crippen molar-refractivity contribution in [2.75, 3.05) is 22.5 Å². The van der Waals surface area contributed by atoms with E-state index in [9.17, 15) is 9.18 Å². The quantitative estimate of drug-likeness (QED) is 0.374. The number of fused-ring (bicyclic) bond motifs is 3. The maximum absolute atomic E-state index is 14.2. The van der Waals surface area contributed by atoms with E-state index in [1.54, 1.807) is 18.2 Å². The highest BCUT2D eigenvalue weighted by atomic mass is 35.5. The van der Waals surface area contributed by atoms with E-state index in [-0.39, 0.29) is 16.6 Å². The first-order chi connectivity index (χ1) is 15.5. The van der Waals surface area contributed by atoms with Gasteiger partial charge in [0, 0.05) is 11.9 Å². The molecule has 0 saturated heterocycles. The van der Waals surface area contributed by atoms with E-state index in [2.05, 4.69) is 21.3 Å². The summed E-state index contributed by atoms with van der Waals surface area (Å²) in [5, 5.41) is 13.8. The van der Waals surface area contributed by atoms with Crippen LogP contribution in [0.1, 0.15) is 48.2 Å². The summed E-state index contributed by atoms with van der Waals surface area (Å²) >= 11 is 6.16. The monoisotopic (exact) mass is 456 g/mol. The molecular weight excluding hydrogens is 431 g/mol. The first-order valence-corrected chi connectivity index (χ1v) is 11.5. The molecule has 2 heterocycles. The fourth-order valence-electron chi connectivity index (χ4n) is 4.68. The maximum atomic E-state index is 14.2. The van der Waals surface area contributed by atoms with Gasteiger partial charge >= 0.3 is 0 Å². The lowest BCUT2D eigenvalue weighted by Gasteiger charge is -2.21. The summed E-state index contributed by atoms with van der Waals surface area (Å²) < 4.78 is 20.1. The average Bonchev–Trinajstić information content (AvgIpc) is 3.37. The van der Waals surface area contributed by atoms with Crippen molar-refractivity contribution in [3.63, 3.8) is 0 Å². The molecule has 1 aliphatic heterocycles. The van der Waals surface area contributed by atoms with Crippen LogP contribution in [0, 0.1) is 18.7 Å². The maximum Gasteiger partial charge on any atom is 0.255 e. The number of furan rings is 1. The predicted octanol–water partition coefficient (Wildman–Crippen LogP) is 6.08. The third kappa shape index (κ3) is 3.97. The van der Waals surface area contributed by atoms with Gasteiger partial charge in [-0.25, -0.2) is 4.39 Å². The molecule has 1 unspecified atom stereocenters. The molecule has 2 aliphatic rings. The van der Waals surface area contributed by atoms with Crippen molar-refractivity contribution < 1.29 is 13.6 Å². The number of para-hydroxylation sites is 1. The van der Waals surface area contributed by atoms with Gasteiger partial charge in [-0.2, -0.15) is 0 Å². The summed E-state index contributed by atoms with van der Waals surface area (Å²) in [6.45, 7) is 2.53. The molecule has 3 aromatic rings. The Morgan fingerprint density at radius 3 is 2.81 bits per heavy atom. The van der Waals surface area contributed by atoms with Crippen LogP contribution in [0.5, 0.6) is 0 Å². The number of amides is 1. The molecule has 1 fully saturated rings. The molecule has 4 N–H and O–H groups in total. The molecule has 5 rings (SSSR count). The highest BCUT2D eigenvalue weighted by Crippen LogP contribution is 2.40. The number of aryl methyl sites for hydroxylation is 1. The van der Waals surface area contributed by atoms with Crippen LogP contribution in [0.2, 0.25) is 5.02 Å². The van der Waals surface area contributed by atoms with E-state index in [0.717, 1.165) is 29.6 Å². The molecular formula is C24H26ClFN4O2. The summed E-state index contributed by atoms with van der Waals surface area (Å²) in [4.78, 5) is 13.1. The molecule has 6 nitrogen and oxygen atoms in total. The predicted molar refractivity (Wildman–Crippen MR) is 126 cm³/mol. The van der Waals surface area contributed by atoms with Crippen molar-refractivity contribution >= 4 is 45.5 Å². The van der Waals surface area contributed by atoms with Gasteiger partial charge in [-0.1, -0.05) is 36.9 Å². The number of rotatable bonds is 5. The molecule has 32 heavy (non-hydrogen) atoms. The minimum absolute atomic E-state index is 0.145. The number of halogens is 2. The molecule has 0 bridgehead atoms. The largest absolute Gasteiger partial charge is 0.460 e. The van der Waals surface area contributed by atoms with Gasteiger partial charge < -0.3 is 25.7 Å². The zero-order chi connectivity index (χ0) is 22.2. The lowest BCUT2D eigenvalue weighted by Crippen LogP contribution is -2.32. The van der Waals surface area contributed by atoms with E-state index in [1.165, 1.54) is 25.3 Å². The lowest BCUT2D eigenvalue weighted by atomic mass is 9.89. The van der Waals surface area contributed by atoms with Crippen LogP contribution in [0.3, 0.4) is 0 Å². The second-order valence-electron chi connectivity index (χ2n) is 8.62. The van der Waals surface area contributed by atoms with E-state index < -0.39 is 12.1 Å². The van der Waals surface area contributed by atoms with E-state index in [1.807, 2.05) is 13.0 Å². The summed E-state index contributed by atoms with van der Waals surface area (Å²) in [5.41, 5.74) is 2.77. The van der Waals surface area contributed by atoms with Gasteiger partial charge in [0.15, 0.2) is 6.29 Å². The first-order valence-electron chi connectivity index (χ1n) is 11.1. The highest BCUT2D eigenvalue weighted by Gasteiger charge is 2.28. The number of anilines is 3. The van der Waals surface area contributed by atoms with Crippen LogP contribution in [-0.2, 0) is 0 Å². The standard InChI is InChI=1S/C24H26ClFN4O2/c1-13-10-15-20-19(28-24(29-20)30-21-17(25)8-5-9-18(21)26)11-16(22(15)32-13)23(31)27-12-14-6-3-2-4-7-14/h5,8-11,14,24,28-30H,2-4,6-7,12H2,1H3,(H,27,31). The Bertz CT molecular complexity index is 1150. The number of nitrogens with one attached hydrogen (secondary N) is 4. The summed E-state index contributed by atoms with van der Waals surface area (Å²) in [6.07, 6.45) is 5.58. The molecule has 1 amide bonds. The van der Waals surface area contributed by atoms with Crippen LogP contribution in [0.15, 0.2) is 34.7 Å². The van der Waals surface area contributed by atoms with E-state index in [0.29, 0.717) is 29.4 Å². The van der Waals surface area contributed by atoms with Crippen LogP contribution in [-0.4, -0.2) is 18.7 Å². The SMILES string of the molecule is Cc1cc2c3c(cc(C(=O)NCC4CCCCC4)c2o1)NC(Nc1c(F)cccc1Cl)N3. The number of carbonyl (C=O) groups is 1. The second-order valence-corrected chi connectivity index (χ2v) is 9.03. The van der Waals surface area contributed by atoms with Crippen molar-refractivity contribution in [3.8, 4) is 0 Å². The Kier molecular flexibility index (Phi) is 5.59. The van der Waals surface area contributed by atoms with E-state index in [4.69, 9.17) is 16.0 Å². The van der Waals surface area contributed by atoms with Crippen molar-refractivity contribution in [1.82, 2.24) is 5.32 Å². The van der Waals surface area contributed by atoms with Crippen LogP contribution >= 0.6 is 11.6 Å². The number of hydrogen-bond donors (Lipinski definition) is 4. The molecule has 0 radical (unpaired) electrons. The van der Waals surface area contributed by atoms with Crippen LogP contribution in [0.25, 0.3) is 11.0 Å². The number of carbonyl (C=O) groups excluding carboxylic acids is 1. The minimum Gasteiger partial charge on any atom is -0.460 e. The molecule has 1 atom stereocenters. The fourth-order valence-corrected chi connectivity index (χ4v) is 4.89. The molecule has 1 aromatic heterocycles. The van der Waals surface area contributed by atoms with Gasteiger partial charge in [-0.05, 0) is 49.9 Å². The number of hydrogen-bond acceptors (Lipinski definition) is 5. The zero-order valence-corrected chi connectivity index (χ0v) is 18.6. The Morgan fingerprint density at radius 1 is 1.22 bits per heavy atom. The van der Waals surface area contributed by atoms with Crippen molar-refractivity contribution in [2.45, 2.75) is 45.3 Å². The highest BCUT2D eigenvalue weighted by molar-refractivity contribution is 6.33. The molecule has 0 spiro atoms. The molecule has 1 aliphatic carbocycles. The average molecular weight is 457 g/mol. The van der Waals surface area contributed by atoms with Crippen molar-refractivity contribution in [2.24, 2.45) is 5.92 Å². The Balaban J connectivity index is 1.39. The summed E-state index contributed by atoms with van der Waals surface area (Å²) in [5.74, 6) is 0.664. The third-order valence-electron chi connectivity index (χ3n) is 6.29. The minimum atomic E-state index is -0.502. The normalized spacial score (nSPS) is 18.2. The van der Waals surface area contributed by atoms with Gasteiger partial charge in [-0.15, -0.1) is 0 Å². The Labute approximate surface area is 190 Å². The lowest BCUT2D eigenvalue weighted by molar-refractivity contribution is 0.0944. The van der Waals surface area contributed by atoms with Gasteiger partial charge in [-0.3, -0.25) is 4.79 Å². The summed E-state index contributed by atoms with van der Waals surface area (Å²) in [7, 11) is 0. The molecule has 1 saturated carbocycles. The number of benzene rings is 2. The Hall–Kier alpha value is -2.93. The second kappa shape index (κ2) is 8.54. The Morgan fingerprint density at radius 2 is 2.03 bits per heavy atom. The fraction of sp³-hybridized carbons (Fsp3) is 0.375. The smallest absolute Gasteiger partial charge is 0.255 e.